The predicted octanol–water partition coefficient (Wildman–Crippen LogP) is 0.244. The molecule has 0 aromatic carbocycles. The number of ether oxygens (including phenoxy) is 4. The molecule has 1 rings (SSSR count). The van der Waals surface area contributed by atoms with E-state index in [2.05, 4.69) is 23.8 Å². The summed E-state index contributed by atoms with van der Waals surface area (Å²) < 4.78 is 22.4. The summed E-state index contributed by atoms with van der Waals surface area (Å²) in [6.45, 7) is 9.93. The predicted molar refractivity (Wildman–Crippen MR) is 117 cm³/mol. The van der Waals surface area contributed by atoms with Gasteiger partial charge in [0, 0.05) is 33.2 Å². The third-order valence-corrected chi connectivity index (χ3v) is 4.76. The van der Waals surface area contributed by atoms with Gasteiger partial charge in [-0.2, -0.15) is 0 Å². The molecule has 32 heavy (non-hydrogen) atoms. The Bertz CT molecular complexity index is 613. The van der Waals surface area contributed by atoms with Crippen LogP contribution in [-0.4, -0.2) is 86.8 Å². The molecule has 10 heteroatoms. The minimum absolute atomic E-state index is 0.0256. The van der Waals surface area contributed by atoms with Gasteiger partial charge in [-0.15, -0.1) is 0 Å². The fraction of sp³-hybridized carbons (Fsp3) is 0.682. The highest BCUT2D eigenvalue weighted by Crippen LogP contribution is 2.22. The van der Waals surface area contributed by atoms with Gasteiger partial charge in [0.25, 0.3) is 0 Å². The Morgan fingerprint density at radius 3 is 2.09 bits per heavy atom. The van der Waals surface area contributed by atoms with Gasteiger partial charge in [-0.25, -0.2) is 0 Å². The number of nitrogens with one attached hydrogen (secondary N) is 2. The molecule has 0 aliphatic carbocycles. The maximum absolute atomic E-state index is 11.2. The van der Waals surface area contributed by atoms with Crippen molar-refractivity contribution in [1.82, 2.24) is 10.6 Å². The molecule has 0 aromatic rings. The lowest BCUT2D eigenvalue weighted by Crippen LogP contribution is -2.56. The number of esters is 1. The number of unbranched alkanes of at least 4 members (excludes halogenated alkanes) is 2. The molecular weight excluding hydrogens is 420 g/mol. The van der Waals surface area contributed by atoms with Crippen molar-refractivity contribution >= 4 is 17.8 Å². The van der Waals surface area contributed by atoms with Gasteiger partial charge in [-0.3, -0.25) is 14.4 Å². The molecule has 1 heterocycles. The molecule has 182 valence electrons. The number of carbonyl (C=O) groups excluding carboxylic acids is 3. The molecule has 1 aliphatic heterocycles. The second-order valence-electron chi connectivity index (χ2n) is 7.31. The fourth-order valence-electron chi connectivity index (χ4n) is 3.01. The molecule has 0 saturated carbocycles. The van der Waals surface area contributed by atoms with Gasteiger partial charge >= 0.3 is 5.97 Å². The number of rotatable bonds is 16. The zero-order chi connectivity index (χ0) is 23.8. The molecule has 1 fully saturated rings. The van der Waals surface area contributed by atoms with Gasteiger partial charge < -0.3 is 34.7 Å². The molecule has 0 spiro atoms. The topological polar surface area (TPSA) is 132 Å². The summed E-state index contributed by atoms with van der Waals surface area (Å²) in [6, 6.07) is 0. The van der Waals surface area contributed by atoms with E-state index < -0.39 is 30.4 Å². The monoisotopic (exact) mass is 456 g/mol. The molecule has 4 atom stereocenters. The summed E-state index contributed by atoms with van der Waals surface area (Å²) in [5.74, 6) is -0.891. The van der Waals surface area contributed by atoms with Crippen molar-refractivity contribution < 1.29 is 38.4 Å². The van der Waals surface area contributed by atoms with Gasteiger partial charge in [-0.05, 0) is 37.8 Å². The molecule has 1 saturated heterocycles. The van der Waals surface area contributed by atoms with E-state index >= 15 is 0 Å². The van der Waals surface area contributed by atoms with E-state index in [4.69, 9.17) is 18.9 Å². The summed E-state index contributed by atoms with van der Waals surface area (Å²) >= 11 is 0. The minimum atomic E-state index is -0.953. The first-order chi connectivity index (χ1) is 15.4. The van der Waals surface area contributed by atoms with Crippen molar-refractivity contribution in [1.29, 1.82) is 0 Å². The van der Waals surface area contributed by atoms with Crippen molar-refractivity contribution in [2.45, 2.75) is 57.0 Å². The molecule has 0 aromatic heterocycles. The molecule has 0 radical (unpaired) electrons. The molecular formula is C22H36N2O8. The first-order valence-electron chi connectivity index (χ1n) is 10.9. The number of aliphatic hydroxyl groups is 1. The van der Waals surface area contributed by atoms with Crippen LogP contribution in [0.15, 0.2) is 25.3 Å². The Kier molecular flexibility index (Phi) is 14.2. The normalized spacial score (nSPS) is 22.6. The van der Waals surface area contributed by atoms with Crippen molar-refractivity contribution in [3.63, 3.8) is 0 Å². The highest BCUT2D eigenvalue weighted by atomic mass is 16.6. The Morgan fingerprint density at radius 1 is 1.00 bits per heavy atom. The summed E-state index contributed by atoms with van der Waals surface area (Å²) in [7, 11) is 0. The van der Waals surface area contributed by atoms with Crippen molar-refractivity contribution in [3.05, 3.63) is 25.3 Å². The average molecular weight is 457 g/mol. The minimum Gasteiger partial charge on any atom is -0.463 e. The van der Waals surface area contributed by atoms with Crippen LogP contribution < -0.4 is 10.6 Å². The summed E-state index contributed by atoms with van der Waals surface area (Å²) in [5.41, 5.74) is 0. The van der Waals surface area contributed by atoms with Gasteiger partial charge in [0.1, 0.15) is 31.0 Å². The Balaban J connectivity index is 2.43. The lowest BCUT2D eigenvalue weighted by molar-refractivity contribution is -0.225. The van der Waals surface area contributed by atoms with Crippen LogP contribution in [0.5, 0.6) is 0 Å². The lowest BCUT2D eigenvalue weighted by Gasteiger charge is -2.39. The van der Waals surface area contributed by atoms with Crippen molar-refractivity contribution in [2.75, 3.05) is 39.5 Å². The van der Waals surface area contributed by atoms with Crippen LogP contribution in [0.25, 0.3) is 0 Å². The second-order valence-corrected chi connectivity index (χ2v) is 7.31. The van der Waals surface area contributed by atoms with Gasteiger partial charge in [0.2, 0.25) is 11.8 Å². The van der Waals surface area contributed by atoms with Crippen molar-refractivity contribution in [2.24, 2.45) is 0 Å². The largest absolute Gasteiger partial charge is 0.463 e. The SMILES string of the molecule is C=CC(=O)NCCCCOC1COC(COC(C)=O)C(OCCCCNC(=O)C=C)C1O. The molecule has 3 N–H and O–H groups in total. The first-order valence-corrected chi connectivity index (χ1v) is 10.9. The van der Waals surface area contributed by atoms with Crippen molar-refractivity contribution in [3.8, 4) is 0 Å². The molecule has 10 nitrogen and oxygen atoms in total. The lowest BCUT2D eigenvalue weighted by atomic mass is 10.00. The standard InChI is InChI=1S/C22H36N2O8/c1-4-19(26)23-10-6-8-12-29-17-14-32-18(15-31-16(3)25)22(21(17)28)30-13-9-7-11-24-20(27)5-2/h4-5,17-18,21-22,28H,1-2,6-15H2,3H3,(H,23,26)(H,24,27). The summed E-state index contributed by atoms with van der Waals surface area (Å²) in [5, 5.41) is 16.1. The van der Waals surface area contributed by atoms with E-state index in [0.717, 1.165) is 6.42 Å². The van der Waals surface area contributed by atoms with Crippen LogP contribution in [-0.2, 0) is 33.3 Å². The van der Waals surface area contributed by atoms with Crippen LogP contribution in [0, 0.1) is 0 Å². The maximum atomic E-state index is 11.2. The zero-order valence-electron chi connectivity index (χ0n) is 18.8. The fourth-order valence-corrected chi connectivity index (χ4v) is 3.01. The summed E-state index contributed by atoms with van der Waals surface area (Å²) in [4.78, 5) is 33.4. The van der Waals surface area contributed by atoms with Crippen LogP contribution >= 0.6 is 0 Å². The zero-order valence-corrected chi connectivity index (χ0v) is 18.8. The number of hydrogen-bond donors (Lipinski definition) is 3. The Hall–Kier alpha value is -2.27. The highest BCUT2D eigenvalue weighted by molar-refractivity contribution is 5.87. The molecule has 1 aliphatic rings. The Labute approximate surface area is 189 Å². The highest BCUT2D eigenvalue weighted by Gasteiger charge is 2.41. The number of hydrogen-bond acceptors (Lipinski definition) is 8. The van der Waals surface area contributed by atoms with E-state index in [1.54, 1.807) is 0 Å². The maximum Gasteiger partial charge on any atom is 0.302 e. The van der Waals surface area contributed by atoms with E-state index in [1.807, 2.05) is 0 Å². The number of aliphatic hydroxyl groups excluding tert-OH is 1. The van der Waals surface area contributed by atoms with E-state index in [9.17, 15) is 19.5 Å². The van der Waals surface area contributed by atoms with Gasteiger partial charge in [0.15, 0.2) is 0 Å². The third kappa shape index (κ3) is 11.4. The number of carbonyl (C=O) groups is 3. The van der Waals surface area contributed by atoms with E-state index in [1.165, 1.54) is 19.1 Å². The smallest absolute Gasteiger partial charge is 0.302 e. The van der Waals surface area contributed by atoms with Gasteiger partial charge in [-0.1, -0.05) is 13.2 Å². The molecule has 4 unspecified atom stereocenters. The average Bonchev–Trinajstić information content (AvgIpc) is 2.78. The first kappa shape index (κ1) is 27.8. The Morgan fingerprint density at radius 2 is 1.56 bits per heavy atom. The van der Waals surface area contributed by atoms with Gasteiger partial charge in [0.05, 0.1) is 6.61 Å². The second kappa shape index (κ2) is 16.4. The summed E-state index contributed by atoms with van der Waals surface area (Å²) in [6.07, 6.45) is 2.34. The van der Waals surface area contributed by atoms with Crippen LogP contribution in [0.4, 0.5) is 0 Å². The van der Waals surface area contributed by atoms with Crippen LogP contribution in [0.3, 0.4) is 0 Å². The molecule has 2 amide bonds. The van der Waals surface area contributed by atoms with Crippen LogP contribution in [0.1, 0.15) is 32.6 Å². The van der Waals surface area contributed by atoms with Crippen LogP contribution in [0.2, 0.25) is 0 Å². The van der Waals surface area contributed by atoms with E-state index in [-0.39, 0.29) is 25.0 Å². The quantitative estimate of drug-likeness (QED) is 0.171. The molecule has 0 bridgehead atoms. The number of amides is 2. The van der Waals surface area contributed by atoms with E-state index in [0.29, 0.717) is 45.6 Å². The third-order valence-electron chi connectivity index (χ3n) is 4.76.